The third-order valence-electron chi connectivity index (χ3n) is 6.40. The van der Waals surface area contributed by atoms with Gasteiger partial charge in [0, 0.05) is 13.1 Å². The molecule has 0 aliphatic carbocycles. The Balaban J connectivity index is 2.00. The minimum atomic E-state index is -4.07. The smallest absolute Gasteiger partial charge is 0.264 e. The van der Waals surface area contributed by atoms with E-state index in [1.807, 2.05) is 64.1 Å². The maximum absolute atomic E-state index is 13.9. The van der Waals surface area contributed by atoms with Crippen molar-refractivity contribution in [2.75, 3.05) is 17.4 Å². The molecule has 38 heavy (non-hydrogen) atoms. The van der Waals surface area contributed by atoms with E-state index in [0.717, 1.165) is 33.0 Å². The van der Waals surface area contributed by atoms with Crippen LogP contribution in [-0.2, 0) is 26.2 Å². The lowest BCUT2D eigenvalue weighted by molar-refractivity contribution is -0.139. The fraction of sp³-hybridized carbons (Fsp3) is 0.333. The highest BCUT2D eigenvalue weighted by atomic mass is 32.2. The van der Waals surface area contributed by atoms with Gasteiger partial charge in [-0.1, -0.05) is 72.1 Å². The normalized spacial score (nSPS) is 12.0. The van der Waals surface area contributed by atoms with Gasteiger partial charge in [-0.3, -0.25) is 13.9 Å². The van der Waals surface area contributed by atoms with Crippen molar-refractivity contribution in [2.24, 2.45) is 0 Å². The van der Waals surface area contributed by atoms with E-state index < -0.39 is 28.5 Å². The zero-order valence-electron chi connectivity index (χ0n) is 22.8. The quantitative estimate of drug-likeness (QED) is 0.384. The van der Waals surface area contributed by atoms with Gasteiger partial charge in [-0.25, -0.2) is 8.42 Å². The van der Waals surface area contributed by atoms with Crippen LogP contribution in [0.5, 0.6) is 0 Å². The van der Waals surface area contributed by atoms with Crippen molar-refractivity contribution in [1.82, 2.24) is 10.2 Å². The van der Waals surface area contributed by atoms with E-state index in [4.69, 9.17) is 0 Å². The average Bonchev–Trinajstić information content (AvgIpc) is 2.90. The van der Waals surface area contributed by atoms with Crippen LogP contribution in [-0.4, -0.2) is 44.3 Å². The Morgan fingerprint density at radius 1 is 0.816 bits per heavy atom. The molecule has 3 aromatic carbocycles. The van der Waals surface area contributed by atoms with Crippen molar-refractivity contribution in [3.05, 3.63) is 95.1 Å². The highest BCUT2D eigenvalue weighted by Crippen LogP contribution is 2.25. The number of nitrogens with one attached hydrogen (secondary N) is 1. The Labute approximate surface area is 226 Å². The Hall–Kier alpha value is -3.65. The summed E-state index contributed by atoms with van der Waals surface area (Å²) in [7, 11) is -4.07. The van der Waals surface area contributed by atoms with E-state index in [9.17, 15) is 18.0 Å². The number of rotatable bonds is 11. The van der Waals surface area contributed by atoms with E-state index in [1.54, 1.807) is 43.3 Å². The van der Waals surface area contributed by atoms with E-state index in [-0.39, 0.29) is 17.3 Å². The zero-order chi connectivity index (χ0) is 27.9. The lowest BCUT2D eigenvalue weighted by Gasteiger charge is -2.32. The van der Waals surface area contributed by atoms with Crippen molar-refractivity contribution in [2.45, 2.75) is 58.5 Å². The fourth-order valence-electron chi connectivity index (χ4n) is 3.95. The predicted molar refractivity (Wildman–Crippen MR) is 151 cm³/mol. The Kier molecular flexibility index (Phi) is 9.69. The van der Waals surface area contributed by atoms with Gasteiger partial charge in [-0.05, 0) is 63.9 Å². The molecular weight excluding hydrogens is 498 g/mol. The Bertz CT molecular complexity index is 1340. The van der Waals surface area contributed by atoms with Crippen molar-refractivity contribution in [3.63, 3.8) is 0 Å². The number of amides is 2. The largest absolute Gasteiger partial charge is 0.354 e. The average molecular weight is 536 g/mol. The number of nitrogens with zero attached hydrogens (tertiary/aromatic N) is 2. The van der Waals surface area contributed by atoms with Crippen LogP contribution in [0.1, 0.15) is 42.5 Å². The van der Waals surface area contributed by atoms with Crippen LogP contribution in [0.3, 0.4) is 0 Å². The van der Waals surface area contributed by atoms with Crippen LogP contribution in [0, 0.1) is 20.8 Å². The van der Waals surface area contributed by atoms with E-state index >= 15 is 0 Å². The van der Waals surface area contributed by atoms with Crippen molar-refractivity contribution in [3.8, 4) is 0 Å². The molecule has 3 rings (SSSR count). The first-order valence-corrected chi connectivity index (χ1v) is 14.3. The van der Waals surface area contributed by atoms with E-state index in [0.29, 0.717) is 12.2 Å². The van der Waals surface area contributed by atoms with Crippen molar-refractivity contribution >= 4 is 27.5 Å². The molecule has 0 aliphatic heterocycles. The van der Waals surface area contributed by atoms with Crippen LogP contribution < -0.4 is 9.62 Å². The second-order valence-electron chi connectivity index (χ2n) is 9.63. The summed E-state index contributed by atoms with van der Waals surface area (Å²) in [6.45, 7) is 9.61. The standard InChI is InChI=1S/C30H37N3O4S/c1-6-19-31-30(35)25(5)32(20-26-13-7-22(2)8-14-26)29(34)21-33(27-15-9-23(3)10-16-27)38(36,37)28-17-11-24(4)12-18-28/h7-18,25H,6,19-21H2,1-5H3,(H,31,35)/t25-/m1/s1. The number of sulfonamides is 1. The van der Waals surface area contributed by atoms with Gasteiger partial charge in [0.15, 0.2) is 0 Å². The molecule has 0 spiro atoms. The van der Waals surface area contributed by atoms with Gasteiger partial charge in [-0.2, -0.15) is 0 Å². The number of benzene rings is 3. The molecule has 7 nitrogen and oxygen atoms in total. The molecule has 8 heteroatoms. The topological polar surface area (TPSA) is 86.8 Å². The molecule has 3 aromatic rings. The number of carbonyl (C=O) groups is 2. The first-order valence-electron chi connectivity index (χ1n) is 12.8. The molecule has 0 aliphatic rings. The molecule has 1 atom stereocenters. The summed E-state index contributed by atoms with van der Waals surface area (Å²) in [6.07, 6.45) is 0.764. The maximum Gasteiger partial charge on any atom is 0.264 e. The lowest BCUT2D eigenvalue weighted by Crippen LogP contribution is -2.51. The molecular formula is C30H37N3O4S. The predicted octanol–water partition coefficient (Wildman–Crippen LogP) is 4.75. The summed E-state index contributed by atoms with van der Waals surface area (Å²) in [5.41, 5.74) is 4.20. The summed E-state index contributed by atoms with van der Waals surface area (Å²) in [6, 6.07) is 20.5. The molecule has 0 saturated carbocycles. The van der Waals surface area contributed by atoms with Crippen LogP contribution in [0.2, 0.25) is 0 Å². The van der Waals surface area contributed by atoms with Gasteiger partial charge in [0.25, 0.3) is 10.0 Å². The van der Waals surface area contributed by atoms with Crippen LogP contribution in [0.15, 0.2) is 77.7 Å². The highest BCUT2D eigenvalue weighted by Gasteiger charge is 2.32. The molecule has 0 unspecified atom stereocenters. The zero-order valence-corrected chi connectivity index (χ0v) is 23.6. The summed E-state index contributed by atoms with van der Waals surface area (Å²) in [5, 5.41) is 2.85. The molecule has 202 valence electrons. The van der Waals surface area contributed by atoms with Gasteiger partial charge in [0.2, 0.25) is 11.8 Å². The molecule has 1 N–H and O–H groups in total. The molecule has 2 amide bonds. The summed E-state index contributed by atoms with van der Waals surface area (Å²) < 4.78 is 28.7. The van der Waals surface area contributed by atoms with Crippen LogP contribution >= 0.6 is 0 Å². The minimum absolute atomic E-state index is 0.0929. The number of anilines is 1. The van der Waals surface area contributed by atoms with E-state index in [2.05, 4.69) is 5.32 Å². The first-order chi connectivity index (χ1) is 18.0. The highest BCUT2D eigenvalue weighted by molar-refractivity contribution is 7.92. The number of carbonyl (C=O) groups excluding carboxylic acids is 2. The maximum atomic E-state index is 13.9. The summed E-state index contributed by atoms with van der Waals surface area (Å²) in [5.74, 6) is -0.753. The second kappa shape index (κ2) is 12.7. The Morgan fingerprint density at radius 3 is 1.84 bits per heavy atom. The molecule has 0 fully saturated rings. The molecule has 0 aromatic heterocycles. The minimum Gasteiger partial charge on any atom is -0.354 e. The SMILES string of the molecule is CCCNC(=O)[C@@H](C)N(Cc1ccc(C)cc1)C(=O)CN(c1ccc(C)cc1)S(=O)(=O)c1ccc(C)cc1. The third kappa shape index (κ3) is 7.22. The van der Waals surface area contributed by atoms with Gasteiger partial charge >= 0.3 is 0 Å². The molecule has 0 bridgehead atoms. The number of hydrogen-bond acceptors (Lipinski definition) is 4. The van der Waals surface area contributed by atoms with Gasteiger partial charge in [0.1, 0.15) is 12.6 Å². The molecule has 0 radical (unpaired) electrons. The van der Waals surface area contributed by atoms with Gasteiger partial charge in [-0.15, -0.1) is 0 Å². The van der Waals surface area contributed by atoms with Crippen LogP contribution in [0.4, 0.5) is 5.69 Å². The van der Waals surface area contributed by atoms with Crippen molar-refractivity contribution in [1.29, 1.82) is 0 Å². The summed E-state index contributed by atoms with van der Waals surface area (Å²) >= 11 is 0. The van der Waals surface area contributed by atoms with Gasteiger partial charge in [0.05, 0.1) is 10.6 Å². The number of hydrogen-bond donors (Lipinski definition) is 1. The monoisotopic (exact) mass is 535 g/mol. The van der Waals surface area contributed by atoms with Crippen molar-refractivity contribution < 1.29 is 18.0 Å². The summed E-state index contributed by atoms with van der Waals surface area (Å²) in [4.78, 5) is 28.3. The third-order valence-corrected chi connectivity index (χ3v) is 8.19. The lowest BCUT2D eigenvalue weighted by atomic mass is 10.1. The molecule has 0 heterocycles. The van der Waals surface area contributed by atoms with Gasteiger partial charge < -0.3 is 10.2 Å². The number of aryl methyl sites for hydroxylation is 3. The first kappa shape index (κ1) is 28.9. The van der Waals surface area contributed by atoms with Crippen LogP contribution in [0.25, 0.3) is 0 Å². The van der Waals surface area contributed by atoms with E-state index in [1.165, 1.54) is 4.90 Å². The Morgan fingerprint density at radius 2 is 1.32 bits per heavy atom. The second-order valence-corrected chi connectivity index (χ2v) is 11.5. The fourth-order valence-corrected chi connectivity index (χ4v) is 5.36. The molecule has 0 saturated heterocycles.